The Hall–Kier alpha value is -5.69. The molecule has 57 heavy (non-hydrogen) atoms. The molecule has 1 aliphatic heterocycles. The van der Waals surface area contributed by atoms with Crippen LogP contribution in [-0.4, -0.2) is 23.8 Å². The van der Waals surface area contributed by atoms with Gasteiger partial charge in [-0.25, -0.2) is 8.78 Å². The summed E-state index contributed by atoms with van der Waals surface area (Å²) >= 11 is 0. The number of aliphatic hydroxyl groups excluding tert-OH is 1. The summed E-state index contributed by atoms with van der Waals surface area (Å²) in [5.41, 5.74) is 7.77. The van der Waals surface area contributed by atoms with E-state index >= 15 is 0 Å². The van der Waals surface area contributed by atoms with Gasteiger partial charge in [-0.15, -0.1) is 0 Å². The van der Waals surface area contributed by atoms with Crippen LogP contribution in [0.2, 0.25) is 0 Å². The maximum absolute atomic E-state index is 14.7. The highest BCUT2D eigenvalue weighted by Gasteiger charge is 2.32. The lowest BCUT2D eigenvalue weighted by Gasteiger charge is -2.32. The first-order chi connectivity index (χ1) is 27.3. The monoisotopic (exact) mass is 762 g/mol. The summed E-state index contributed by atoms with van der Waals surface area (Å²) in [5.74, 6) is -0.0914. The molecule has 4 nitrogen and oxygen atoms in total. The third-order valence-corrected chi connectivity index (χ3v) is 11.5. The van der Waals surface area contributed by atoms with Crippen molar-refractivity contribution in [3.8, 4) is 5.75 Å². The molecule has 2 unspecified atom stereocenters. The Kier molecular flexibility index (Phi) is 11.4. The van der Waals surface area contributed by atoms with Gasteiger partial charge >= 0.3 is 0 Å². The Labute approximate surface area is 334 Å². The van der Waals surface area contributed by atoms with E-state index in [4.69, 9.17) is 9.47 Å². The van der Waals surface area contributed by atoms with E-state index in [2.05, 4.69) is 58.5 Å². The van der Waals surface area contributed by atoms with Gasteiger partial charge in [-0.3, -0.25) is 4.79 Å². The minimum absolute atomic E-state index is 0.102. The van der Waals surface area contributed by atoms with Gasteiger partial charge in [0.2, 0.25) is 0 Å². The molecular formula is C51H48F2O4. The standard InChI is InChI=1S/C51H48F2O4/c1-33(35-13-24-42(52)25-14-35)34-9-19-40(20-10-34)51(4,5)46-30-23-41(32-45(46)49(55)38-17-28-44(29-18-38)57-47-8-6-7-31-56-47)50(2,3)39-21-11-36(12-22-39)48(54)37-15-26-43(53)27-16-37/h9-30,32,47-48,54H,1,6-8,31H2,2-5H3. The van der Waals surface area contributed by atoms with Crippen molar-refractivity contribution in [1.82, 2.24) is 0 Å². The van der Waals surface area contributed by atoms with Gasteiger partial charge in [-0.2, -0.15) is 0 Å². The van der Waals surface area contributed by atoms with Crippen LogP contribution in [0, 0.1) is 11.6 Å². The first kappa shape index (κ1) is 39.5. The van der Waals surface area contributed by atoms with Crippen molar-refractivity contribution in [2.45, 2.75) is 70.2 Å². The van der Waals surface area contributed by atoms with E-state index < -0.39 is 16.9 Å². The summed E-state index contributed by atoms with van der Waals surface area (Å²) in [6.07, 6.45) is 1.74. The molecule has 0 bridgehead atoms. The summed E-state index contributed by atoms with van der Waals surface area (Å²) in [7, 11) is 0. The molecule has 6 heteroatoms. The molecular weight excluding hydrogens is 715 g/mol. The number of ether oxygens (including phenoxy) is 2. The average molecular weight is 763 g/mol. The van der Waals surface area contributed by atoms with Crippen LogP contribution in [0.5, 0.6) is 5.75 Å². The molecule has 0 aliphatic carbocycles. The highest BCUT2D eigenvalue weighted by atomic mass is 19.1. The Morgan fingerprint density at radius 1 is 0.667 bits per heavy atom. The van der Waals surface area contributed by atoms with E-state index in [1.165, 1.54) is 24.3 Å². The lowest BCUT2D eigenvalue weighted by atomic mass is 9.71. The van der Waals surface area contributed by atoms with Crippen molar-refractivity contribution in [2.75, 3.05) is 6.61 Å². The Balaban J connectivity index is 1.22. The number of ketones is 1. The minimum atomic E-state index is -0.893. The van der Waals surface area contributed by atoms with Crippen LogP contribution < -0.4 is 4.74 Å². The van der Waals surface area contributed by atoms with Crippen molar-refractivity contribution in [2.24, 2.45) is 0 Å². The zero-order valence-corrected chi connectivity index (χ0v) is 32.9. The molecule has 0 radical (unpaired) electrons. The fourth-order valence-electron chi connectivity index (χ4n) is 7.61. The molecule has 1 fully saturated rings. The van der Waals surface area contributed by atoms with Crippen LogP contribution in [-0.2, 0) is 15.6 Å². The minimum Gasteiger partial charge on any atom is -0.465 e. The molecule has 1 saturated heterocycles. The zero-order valence-electron chi connectivity index (χ0n) is 32.9. The molecule has 6 aromatic rings. The van der Waals surface area contributed by atoms with Gasteiger partial charge in [0.1, 0.15) is 23.5 Å². The van der Waals surface area contributed by atoms with Gasteiger partial charge in [0.15, 0.2) is 12.1 Å². The number of hydrogen-bond donors (Lipinski definition) is 1. The maximum atomic E-state index is 14.7. The van der Waals surface area contributed by atoms with E-state index in [-0.39, 0.29) is 23.7 Å². The molecule has 1 aliphatic rings. The van der Waals surface area contributed by atoms with Crippen LogP contribution in [0.25, 0.3) is 5.57 Å². The highest BCUT2D eigenvalue weighted by Crippen LogP contribution is 2.40. The molecule has 290 valence electrons. The second-order valence-corrected chi connectivity index (χ2v) is 15.9. The molecule has 0 spiro atoms. The van der Waals surface area contributed by atoms with E-state index in [9.17, 15) is 18.7 Å². The topological polar surface area (TPSA) is 55.8 Å². The Morgan fingerprint density at radius 3 is 1.74 bits per heavy atom. The van der Waals surface area contributed by atoms with Gasteiger partial charge < -0.3 is 14.6 Å². The van der Waals surface area contributed by atoms with E-state index in [1.807, 2.05) is 66.7 Å². The third-order valence-electron chi connectivity index (χ3n) is 11.5. The summed E-state index contributed by atoms with van der Waals surface area (Å²) < 4.78 is 39.0. The number of rotatable bonds is 12. The number of halogens is 2. The average Bonchev–Trinajstić information content (AvgIpc) is 3.24. The van der Waals surface area contributed by atoms with Gasteiger partial charge in [-0.05, 0) is 118 Å². The zero-order chi connectivity index (χ0) is 40.3. The van der Waals surface area contributed by atoms with Crippen LogP contribution in [0.1, 0.15) is 113 Å². The predicted molar refractivity (Wildman–Crippen MR) is 223 cm³/mol. The van der Waals surface area contributed by atoms with Gasteiger partial charge in [0, 0.05) is 28.4 Å². The van der Waals surface area contributed by atoms with Crippen LogP contribution in [0.15, 0.2) is 146 Å². The predicted octanol–water partition coefficient (Wildman–Crippen LogP) is 11.9. The smallest absolute Gasteiger partial charge is 0.199 e. The van der Waals surface area contributed by atoms with Crippen LogP contribution >= 0.6 is 0 Å². The Bertz CT molecular complexity index is 2340. The first-order valence-corrected chi connectivity index (χ1v) is 19.5. The molecule has 0 saturated carbocycles. The van der Waals surface area contributed by atoms with Crippen LogP contribution in [0.3, 0.4) is 0 Å². The molecule has 2 atom stereocenters. The Morgan fingerprint density at radius 2 is 1.16 bits per heavy atom. The lowest BCUT2D eigenvalue weighted by molar-refractivity contribution is -0.105. The second-order valence-electron chi connectivity index (χ2n) is 15.9. The molecule has 6 aromatic carbocycles. The SMILES string of the molecule is C=C(c1ccc(F)cc1)c1ccc(C(C)(C)c2ccc(C(C)(C)c3ccc(C(O)c4ccc(F)cc4)cc3)cc2C(=O)c2ccc(OC3CCCCO3)cc2)cc1. The van der Waals surface area contributed by atoms with Crippen molar-refractivity contribution in [1.29, 1.82) is 0 Å². The number of carbonyl (C=O) groups is 1. The largest absolute Gasteiger partial charge is 0.465 e. The number of carbonyl (C=O) groups excluding carboxylic acids is 1. The van der Waals surface area contributed by atoms with E-state index in [0.717, 1.165) is 58.2 Å². The fraction of sp³-hybridized carbons (Fsp3) is 0.235. The van der Waals surface area contributed by atoms with Gasteiger partial charge in [0.05, 0.1) is 6.61 Å². The third kappa shape index (κ3) is 8.53. The molecule has 1 N–H and O–H groups in total. The number of benzene rings is 6. The lowest BCUT2D eigenvalue weighted by Crippen LogP contribution is -2.25. The van der Waals surface area contributed by atoms with Crippen molar-refractivity contribution in [3.63, 3.8) is 0 Å². The van der Waals surface area contributed by atoms with Crippen molar-refractivity contribution in [3.05, 3.63) is 213 Å². The molecule has 0 amide bonds. The summed E-state index contributed by atoms with van der Waals surface area (Å²) in [6, 6.07) is 41.6. The quantitative estimate of drug-likeness (QED) is 0.126. The van der Waals surface area contributed by atoms with Crippen LogP contribution in [0.4, 0.5) is 8.78 Å². The summed E-state index contributed by atoms with van der Waals surface area (Å²) in [4.78, 5) is 14.7. The molecule has 7 rings (SSSR count). The summed E-state index contributed by atoms with van der Waals surface area (Å²) in [6.45, 7) is 13.4. The highest BCUT2D eigenvalue weighted by molar-refractivity contribution is 6.10. The van der Waals surface area contributed by atoms with E-state index in [0.29, 0.717) is 34.6 Å². The van der Waals surface area contributed by atoms with Crippen molar-refractivity contribution < 1.29 is 28.2 Å². The first-order valence-electron chi connectivity index (χ1n) is 19.5. The summed E-state index contributed by atoms with van der Waals surface area (Å²) in [5, 5.41) is 11.0. The van der Waals surface area contributed by atoms with Crippen molar-refractivity contribution >= 4 is 11.4 Å². The second kappa shape index (κ2) is 16.4. The normalized spacial score (nSPS) is 15.2. The van der Waals surface area contributed by atoms with E-state index in [1.54, 1.807) is 24.3 Å². The maximum Gasteiger partial charge on any atom is 0.199 e. The molecule has 0 aromatic heterocycles. The fourth-order valence-corrected chi connectivity index (χ4v) is 7.61. The number of aliphatic hydroxyl groups is 1. The molecule has 1 heterocycles. The van der Waals surface area contributed by atoms with Gasteiger partial charge in [0.25, 0.3) is 0 Å². The number of hydrogen-bond acceptors (Lipinski definition) is 4. The van der Waals surface area contributed by atoms with Gasteiger partial charge in [-0.1, -0.05) is 119 Å².